The Kier molecular flexibility index (Phi) is 4.77. The average molecular weight is 300 g/mol. The molecule has 1 aromatic rings. The Bertz CT molecular complexity index is 468. The lowest BCUT2D eigenvalue weighted by atomic mass is 10.2. The minimum Gasteiger partial charge on any atom is -0.480 e. The second-order valence-corrected chi connectivity index (χ2v) is 5.54. The van der Waals surface area contributed by atoms with E-state index in [-0.39, 0.29) is 11.9 Å². The molecular weight excluding hydrogens is 284 g/mol. The molecule has 0 radical (unpaired) electrons. The summed E-state index contributed by atoms with van der Waals surface area (Å²) >= 11 is 1.50. The minimum atomic E-state index is -0.981. The number of carbonyl (C=O) groups is 2. The van der Waals surface area contributed by atoms with Crippen molar-refractivity contribution in [1.82, 2.24) is 30.8 Å². The lowest BCUT2D eigenvalue weighted by Crippen LogP contribution is -2.50. The van der Waals surface area contributed by atoms with Crippen molar-refractivity contribution in [3.05, 3.63) is 5.82 Å². The number of rotatable bonds is 5. The molecule has 2 unspecified atom stereocenters. The number of aliphatic carboxylic acids is 1. The molecule has 110 valence electrons. The molecule has 1 saturated heterocycles. The van der Waals surface area contributed by atoms with Crippen molar-refractivity contribution in [3.63, 3.8) is 0 Å². The van der Waals surface area contributed by atoms with Gasteiger partial charge in [0.1, 0.15) is 6.04 Å². The Hall–Kier alpha value is -1.84. The molecule has 0 spiro atoms. The van der Waals surface area contributed by atoms with Gasteiger partial charge in [-0.05, 0) is 6.42 Å². The predicted molar refractivity (Wildman–Crippen MR) is 70.8 cm³/mol. The van der Waals surface area contributed by atoms with Gasteiger partial charge in [-0.1, -0.05) is 18.6 Å². The van der Waals surface area contributed by atoms with Crippen LogP contribution in [-0.2, 0) is 11.3 Å². The van der Waals surface area contributed by atoms with Crippen LogP contribution in [0.15, 0.2) is 0 Å². The first-order valence-electron chi connectivity index (χ1n) is 6.26. The van der Waals surface area contributed by atoms with E-state index >= 15 is 0 Å². The number of nitrogens with one attached hydrogen (secondary N) is 2. The van der Waals surface area contributed by atoms with E-state index in [1.165, 1.54) is 16.7 Å². The molecule has 0 aromatic carbocycles. The van der Waals surface area contributed by atoms with Gasteiger partial charge in [-0.25, -0.2) is 9.59 Å². The van der Waals surface area contributed by atoms with Crippen molar-refractivity contribution in [3.8, 4) is 0 Å². The Morgan fingerprint density at radius 2 is 2.40 bits per heavy atom. The van der Waals surface area contributed by atoms with Crippen molar-refractivity contribution in [2.24, 2.45) is 0 Å². The van der Waals surface area contributed by atoms with Crippen LogP contribution < -0.4 is 5.32 Å². The second kappa shape index (κ2) is 6.55. The number of hydrogen-bond donors (Lipinski definition) is 3. The van der Waals surface area contributed by atoms with Crippen LogP contribution in [0.5, 0.6) is 0 Å². The van der Waals surface area contributed by atoms with Gasteiger partial charge in [-0.2, -0.15) is 5.21 Å². The summed E-state index contributed by atoms with van der Waals surface area (Å²) in [5.74, 6) is -0.217. The number of aromatic amines is 1. The Labute approximate surface area is 119 Å². The first kappa shape index (κ1) is 14.6. The molecule has 1 aliphatic heterocycles. The summed E-state index contributed by atoms with van der Waals surface area (Å²) in [6, 6.07) is -1.20. The van der Waals surface area contributed by atoms with Crippen LogP contribution in [0, 0.1) is 0 Å². The van der Waals surface area contributed by atoms with Crippen LogP contribution in [0.25, 0.3) is 0 Å². The van der Waals surface area contributed by atoms with Gasteiger partial charge in [-0.15, -0.1) is 22.0 Å². The summed E-state index contributed by atoms with van der Waals surface area (Å²) in [5, 5.41) is 24.8. The second-order valence-electron chi connectivity index (χ2n) is 4.32. The molecule has 2 amide bonds. The lowest BCUT2D eigenvalue weighted by molar-refractivity contribution is -0.141. The number of H-pyrrole nitrogens is 1. The van der Waals surface area contributed by atoms with Crippen molar-refractivity contribution in [1.29, 1.82) is 0 Å². The highest BCUT2D eigenvalue weighted by Crippen LogP contribution is 2.32. The maximum Gasteiger partial charge on any atom is 0.327 e. The van der Waals surface area contributed by atoms with E-state index in [4.69, 9.17) is 0 Å². The topological polar surface area (TPSA) is 124 Å². The average Bonchev–Trinajstić information content (AvgIpc) is 3.05. The van der Waals surface area contributed by atoms with Gasteiger partial charge in [0.15, 0.2) is 5.82 Å². The SMILES string of the molecule is CCCC1SCC(C(=O)O)N1C(=O)NCc1nn[nH]n1. The number of carbonyl (C=O) groups excluding carboxylic acids is 1. The van der Waals surface area contributed by atoms with Crippen molar-refractivity contribution in [2.45, 2.75) is 37.7 Å². The quantitative estimate of drug-likeness (QED) is 0.701. The summed E-state index contributed by atoms with van der Waals surface area (Å²) in [4.78, 5) is 24.8. The highest BCUT2D eigenvalue weighted by molar-refractivity contribution is 8.00. The number of aromatic nitrogens is 4. The fourth-order valence-electron chi connectivity index (χ4n) is 2.00. The number of thioether (sulfide) groups is 1. The van der Waals surface area contributed by atoms with E-state index in [2.05, 4.69) is 25.9 Å². The molecule has 20 heavy (non-hydrogen) atoms. The van der Waals surface area contributed by atoms with Gasteiger partial charge >= 0.3 is 12.0 Å². The van der Waals surface area contributed by atoms with Gasteiger partial charge in [-0.3, -0.25) is 4.90 Å². The summed E-state index contributed by atoms with van der Waals surface area (Å²) in [6.07, 6.45) is 1.66. The molecule has 0 bridgehead atoms. The number of carboxylic acids is 1. The summed E-state index contributed by atoms with van der Waals surface area (Å²) in [7, 11) is 0. The van der Waals surface area contributed by atoms with Gasteiger partial charge in [0.25, 0.3) is 0 Å². The molecule has 2 rings (SSSR count). The van der Waals surface area contributed by atoms with E-state index < -0.39 is 18.0 Å². The van der Waals surface area contributed by atoms with Crippen LogP contribution >= 0.6 is 11.8 Å². The zero-order valence-corrected chi connectivity index (χ0v) is 11.8. The summed E-state index contributed by atoms with van der Waals surface area (Å²) < 4.78 is 0. The molecule has 10 heteroatoms. The number of tetrazole rings is 1. The van der Waals surface area contributed by atoms with E-state index in [0.717, 1.165) is 12.8 Å². The Balaban J connectivity index is 2.00. The first-order valence-corrected chi connectivity index (χ1v) is 7.31. The zero-order chi connectivity index (χ0) is 14.5. The third-order valence-corrected chi connectivity index (χ3v) is 4.29. The number of carboxylic acid groups (broad SMARTS) is 1. The third kappa shape index (κ3) is 3.18. The van der Waals surface area contributed by atoms with Crippen LogP contribution in [0.2, 0.25) is 0 Å². The standard InChI is InChI=1S/C10H16N6O3S/c1-2-3-8-16(6(5-20-8)9(17)18)10(19)11-4-7-12-14-15-13-7/h6,8H,2-5H2,1H3,(H,11,19)(H,17,18)(H,12,13,14,15). The van der Waals surface area contributed by atoms with Crippen LogP contribution in [0.3, 0.4) is 0 Å². The highest BCUT2D eigenvalue weighted by atomic mass is 32.2. The highest BCUT2D eigenvalue weighted by Gasteiger charge is 2.41. The van der Waals surface area contributed by atoms with Crippen molar-refractivity contribution < 1.29 is 14.7 Å². The fraction of sp³-hybridized carbons (Fsp3) is 0.700. The van der Waals surface area contributed by atoms with Gasteiger partial charge in [0, 0.05) is 5.75 Å². The van der Waals surface area contributed by atoms with E-state index in [0.29, 0.717) is 11.6 Å². The lowest BCUT2D eigenvalue weighted by Gasteiger charge is -2.27. The molecular formula is C10H16N6O3S. The number of hydrogen-bond acceptors (Lipinski definition) is 6. The zero-order valence-electron chi connectivity index (χ0n) is 10.9. The molecule has 3 N–H and O–H groups in total. The van der Waals surface area contributed by atoms with Gasteiger partial charge < -0.3 is 10.4 Å². The molecule has 0 saturated carbocycles. The van der Waals surface area contributed by atoms with Gasteiger partial charge in [0.2, 0.25) is 0 Å². The largest absolute Gasteiger partial charge is 0.480 e. The van der Waals surface area contributed by atoms with E-state index in [9.17, 15) is 14.7 Å². The molecule has 0 aliphatic carbocycles. The number of amides is 2. The smallest absolute Gasteiger partial charge is 0.327 e. The summed E-state index contributed by atoms with van der Waals surface area (Å²) in [6.45, 7) is 2.12. The molecule has 1 fully saturated rings. The number of urea groups is 1. The van der Waals surface area contributed by atoms with Crippen LogP contribution in [0.4, 0.5) is 4.79 Å². The Morgan fingerprint density at radius 3 is 3.00 bits per heavy atom. The molecule has 9 nitrogen and oxygen atoms in total. The molecule has 1 aromatic heterocycles. The van der Waals surface area contributed by atoms with Crippen LogP contribution in [0.1, 0.15) is 25.6 Å². The van der Waals surface area contributed by atoms with Crippen molar-refractivity contribution in [2.75, 3.05) is 5.75 Å². The third-order valence-electron chi connectivity index (χ3n) is 2.93. The molecule has 2 heterocycles. The first-order chi connectivity index (χ1) is 9.63. The monoisotopic (exact) mass is 300 g/mol. The predicted octanol–water partition coefficient (Wildman–Crippen LogP) is 0.0375. The molecule has 2 atom stereocenters. The van der Waals surface area contributed by atoms with E-state index in [1.54, 1.807) is 0 Å². The van der Waals surface area contributed by atoms with Crippen LogP contribution in [-0.4, -0.2) is 59.8 Å². The fourth-order valence-corrected chi connectivity index (χ4v) is 3.51. The molecule has 1 aliphatic rings. The number of nitrogens with zero attached hydrogens (tertiary/aromatic N) is 4. The maximum absolute atomic E-state index is 12.2. The van der Waals surface area contributed by atoms with E-state index in [1.807, 2.05) is 6.92 Å². The van der Waals surface area contributed by atoms with Gasteiger partial charge in [0.05, 0.1) is 11.9 Å². The normalized spacial score (nSPS) is 21.9. The minimum absolute atomic E-state index is 0.105. The summed E-state index contributed by atoms with van der Waals surface area (Å²) in [5.41, 5.74) is 0. The maximum atomic E-state index is 12.2. The van der Waals surface area contributed by atoms with Crippen molar-refractivity contribution >= 4 is 23.8 Å². The Morgan fingerprint density at radius 1 is 1.60 bits per heavy atom.